The first-order valence-corrected chi connectivity index (χ1v) is 10.7. The molecule has 0 radical (unpaired) electrons. The van der Waals surface area contributed by atoms with Crippen LogP contribution in [-0.4, -0.2) is 36.8 Å². The van der Waals surface area contributed by atoms with Crippen LogP contribution in [0.25, 0.3) is 11.3 Å². The molecule has 2 aliphatic rings. The number of anilines is 1. The molecule has 1 aromatic carbocycles. The second-order valence-electron chi connectivity index (χ2n) is 8.39. The van der Waals surface area contributed by atoms with Crippen LogP contribution in [0.1, 0.15) is 49.3 Å². The predicted octanol–water partition coefficient (Wildman–Crippen LogP) is 3.35. The second kappa shape index (κ2) is 8.16. The van der Waals surface area contributed by atoms with Crippen LogP contribution in [0.3, 0.4) is 0 Å². The Kier molecular flexibility index (Phi) is 5.23. The highest BCUT2D eigenvalue weighted by Gasteiger charge is 2.33. The van der Waals surface area contributed by atoms with E-state index in [1.807, 2.05) is 12.5 Å². The van der Waals surface area contributed by atoms with Crippen molar-refractivity contribution in [3.63, 3.8) is 0 Å². The molecule has 2 aromatic heterocycles. The highest BCUT2D eigenvalue weighted by Crippen LogP contribution is 2.42. The Bertz CT molecular complexity index is 995. The number of ether oxygens (including phenoxy) is 1. The fourth-order valence-corrected chi connectivity index (χ4v) is 4.89. The van der Waals surface area contributed by atoms with E-state index >= 15 is 0 Å². The average molecular weight is 406 g/mol. The zero-order valence-electron chi connectivity index (χ0n) is 16.9. The standard InChI is InChI=1S/C23H27N5O2/c24-23-26-10-15(11-27-23)13-30-17-7-5-16(6-8-17)22(29)9-20-18-3-1-2-4-19(18)21-12-25-14-28(20)21/h1-4,10-12,14,16-17,20,22,29H,5-9,13H2,(H2,24,26,27)/t16-,17-,20?,22?. The van der Waals surface area contributed by atoms with Gasteiger partial charge in [-0.2, -0.15) is 0 Å². The van der Waals surface area contributed by atoms with Crippen LogP contribution in [0.5, 0.6) is 0 Å². The van der Waals surface area contributed by atoms with Gasteiger partial charge in [0.05, 0.1) is 43.1 Å². The molecule has 1 aliphatic carbocycles. The van der Waals surface area contributed by atoms with Gasteiger partial charge >= 0.3 is 0 Å². The summed E-state index contributed by atoms with van der Waals surface area (Å²) in [4.78, 5) is 12.3. The van der Waals surface area contributed by atoms with Crippen molar-refractivity contribution < 1.29 is 9.84 Å². The summed E-state index contributed by atoms with van der Waals surface area (Å²) in [6.07, 6.45) is 11.7. The van der Waals surface area contributed by atoms with Crippen molar-refractivity contribution in [3.8, 4) is 11.3 Å². The number of hydrogen-bond acceptors (Lipinski definition) is 6. The highest BCUT2D eigenvalue weighted by molar-refractivity contribution is 5.68. The van der Waals surface area contributed by atoms with Gasteiger partial charge in [0, 0.05) is 23.5 Å². The summed E-state index contributed by atoms with van der Waals surface area (Å²) in [7, 11) is 0. The molecule has 1 fully saturated rings. The van der Waals surface area contributed by atoms with E-state index in [4.69, 9.17) is 10.5 Å². The largest absolute Gasteiger partial charge is 0.393 e. The summed E-state index contributed by atoms with van der Waals surface area (Å²) in [6, 6.07) is 8.61. The molecular weight excluding hydrogens is 378 g/mol. The van der Waals surface area contributed by atoms with Crippen LogP contribution in [0, 0.1) is 5.92 Å². The molecule has 0 saturated heterocycles. The number of imidazole rings is 1. The lowest BCUT2D eigenvalue weighted by Gasteiger charge is -2.32. The third kappa shape index (κ3) is 3.70. The van der Waals surface area contributed by atoms with E-state index in [-0.39, 0.29) is 24.2 Å². The van der Waals surface area contributed by atoms with Crippen LogP contribution < -0.4 is 5.73 Å². The van der Waals surface area contributed by atoms with E-state index in [2.05, 4.69) is 43.8 Å². The van der Waals surface area contributed by atoms with Gasteiger partial charge in [-0.1, -0.05) is 24.3 Å². The lowest BCUT2D eigenvalue weighted by atomic mass is 9.81. The molecule has 156 valence electrons. The van der Waals surface area contributed by atoms with Crippen molar-refractivity contribution in [2.75, 3.05) is 5.73 Å². The molecule has 3 aromatic rings. The normalized spacial score (nSPS) is 23.7. The quantitative estimate of drug-likeness (QED) is 0.652. The van der Waals surface area contributed by atoms with E-state index < -0.39 is 0 Å². The van der Waals surface area contributed by atoms with Crippen molar-refractivity contribution in [2.24, 2.45) is 5.92 Å². The molecule has 3 N–H and O–H groups in total. The minimum absolute atomic E-state index is 0.160. The zero-order valence-corrected chi connectivity index (χ0v) is 16.9. The number of hydrogen-bond donors (Lipinski definition) is 2. The monoisotopic (exact) mass is 405 g/mol. The van der Waals surface area contributed by atoms with Gasteiger partial charge in [0.1, 0.15) is 0 Å². The lowest BCUT2D eigenvalue weighted by Crippen LogP contribution is -2.30. The van der Waals surface area contributed by atoms with Crippen LogP contribution >= 0.6 is 0 Å². The smallest absolute Gasteiger partial charge is 0.219 e. The lowest BCUT2D eigenvalue weighted by molar-refractivity contribution is -0.0161. The zero-order chi connectivity index (χ0) is 20.5. The first-order chi connectivity index (χ1) is 14.7. The number of aromatic nitrogens is 4. The Labute approximate surface area is 176 Å². The Morgan fingerprint density at radius 2 is 1.87 bits per heavy atom. The molecule has 2 unspecified atom stereocenters. The molecule has 1 saturated carbocycles. The van der Waals surface area contributed by atoms with Crippen molar-refractivity contribution in [1.82, 2.24) is 19.5 Å². The van der Waals surface area contributed by atoms with Gasteiger partial charge in [0.15, 0.2) is 0 Å². The summed E-state index contributed by atoms with van der Waals surface area (Å²) in [5, 5.41) is 11.0. The number of aliphatic hydroxyl groups excluding tert-OH is 1. The van der Waals surface area contributed by atoms with Gasteiger partial charge in [-0.05, 0) is 43.6 Å². The molecule has 0 spiro atoms. The molecule has 7 nitrogen and oxygen atoms in total. The molecule has 2 atom stereocenters. The molecule has 5 rings (SSSR count). The Hall–Kier alpha value is -2.77. The van der Waals surface area contributed by atoms with Gasteiger partial charge in [-0.25, -0.2) is 15.0 Å². The maximum absolute atomic E-state index is 11.0. The molecule has 0 bridgehead atoms. The minimum atomic E-state index is -0.331. The van der Waals surface area contributed by atoms with E-state index in [0.717, 1.165) is 43.4 Å². The maximum Gasteiger partial charge on any atom is 0.219 e. The fraction of sp³-hybridized carbons (Fsp3) is 0.435. The van der Waals surface area contributed by atoms with Gasteiger partial charge < -0.3 is 20.1 Å². The van der Waals surface area contributed by atoms with Crippen molar-refractivity contribution in [1.29, 1.82) is 0 Å². The van der Waals surface area contributed by atoms with E-state index in [1.165, 1.54) is 11.1 Å². The topological polar surface area (TPSA) is 99.1 Å². The Balaban J connectivity index is 1.16. The maximum atomic E-state index is 11.0. The van der Waals surface area contributed by atoms with Crippen LogP contribution in [0.2, 0.25) is 0 Å². The molecule has 7 heteroatoms. The number of nitrogens with zero attached hydrogens (tertiary/aromatic N) is 4. The summed E-state index contributed by atoms with van der Waals surface area (Å²) in [6.45, 7) is 0.500. The van der Waals surface area contributed by atoms with E-state index in [0.29, 0.717) is 12.5 Å². The Morgan fingerprint density at radius 3 is 2.67 bits per heavy atom. The number of benzene rings is 1. The van der Waals surface area contributed by atoms with Crippen LogP contribution in [-0.2, 0) is 11.3 Å². The SMILES string of the molecule is Nc1ncc(CO[C@H]2CC[C@H](C(O)CC3c4ccccc4-c4cncn43)CC2)cn1. The molecule has 0 amide bonds. The molecule has 1 aliphatic heterocycles. The molecule has 3 heterocycles. The van der Waals surface area contributed by atoms with Gasteiger partial charge in [0.25, 0.3) is 0 Å². The van der Waals surface area contributed by atoms with E-state index in [1.54, 1.807) is 12.4 Å². The fourth-order valence-electron chi connectivity index (χ4n) is 4.89. The predicted molar refractivity (Wildman–Crippen MR) is 113 cm³/mol. The second-order valence-corrected chi connectivity index (χ2v) is 8.39. The number of nitrogens with two attached hydrogens (primary N) is 1. The number of aliphatic hydroxyl groups is 1. The highest BCUT2D eigenvalue weighted by atomic mass is 16.5. The molecular formula is C23H27N5O2. The Morgan fingerprint density at radius 1 is 1.10 bits per heavy atom. The van der Waals surface area contributed by atoms with Crippen LogP contribution in [0.4, 0.5) is 5.95 Å². The third-order valence-corrected chi connectivity index (χ3v) is 6.54. The number of nitrogen functional groups attached to an aromatic ring is 1. The van der Waals surface area contributed by atoms with Gasteiger partial charge in [0.2, 0.25) is 5.95 Å². The average Bonchev–Trinajstić information content (AvgIpc) is 3.36. The summed E-state index contributed by atoms with van der Waals surface area (Å²) < 4.78 is 8.24. The van der Waals surface area contributed by atoms with Gasteiger partial charge in [-0.15, -0.1) is 0 Å². The van der Waals surface area contributed by atoms with Crippen LogP contribution in [0.15, 0.2) is 49.2 Å². The van der Waals surface area contributed by atoms with Crippen molar-refractivity contribution >= 4 is 5.95 Å². The summed E-state index contributed by atoms with van der Waals surface area (Å²) in [5.41, 5.74) is 10.1. The summed E-state index contributed by atoms with van der Waals surface area (Å²) >= 11 is 0. The minimum Gasteiger partial charge on any atom is -0.393 e. The van der Waals surface area contributed by atoms with Crippen molar-refractivity contribution in [2.45, 2.75) is 57.0 Å². The first-order valence-electron chi connectivity index (χ1n) is 10.7. The number of fused-ring (bicyclic) bond motifs is 3. The molecule has 30 heavy (non-hydrogen) atoms. The van der Waals surface area contributed by atoms with E-state index in [9.17, 15) is 5.11 Å². The van der Waals surface area contributed by atoms with Crippen molar-refractivity contribution in [3.05, 3.63) is 60.3 Å². The third-order valence-electron chi connectivity index (χ3n) is 6.54. The number of rotatable bonds is 6. The first kappa shape index (κ1) is 19.2. The van der Waals surface area contributed by atoms with Gasteiger partial charge in [-0.3, -0.25) is 0 Å². The summed E-state index contributed by atoms with van der Waals surface area (Å²) in [5.74, 6) is 0.588.